The van der Waals surface area contributed by atoms with Crippen molar-refractivity contribution in [3.8, 4) is 0 Å². The summed E-state index contributed by atoms with van der Waals surface area (Å²) in [6.45, 7) is 8.33. The van der Waals surface area contributed by atoms with Crippen LogP contribution in [-0.2, 0) is 9.59 Å². The van der Waals surface area contributed by atoms with Gasteiger partial charge in [0.25, 0.3) is 0 Å². The van der Waals surface area contributed by atoms with Gasteiger partial charge in [-0.25, -0.2) is 0 Å². The first-order chi connectivity index (χ1) is 8.33. The molecule has 1 fully saturated rings. The molecule has 1 aliphatic heterocycles. The van der Waals surface area contributed by atoms with Crippen LogP contribution in [0.2, 0.25) is 0 Å². The van der Waals surface area contributed by atoms with Crippen molar-refractivity contribution in [2.24, 2.45) is 5.73 Å². The highest BCUT2D eigenvalue weighted by atomic mass is 16.2. The number of amides is 2. The fourth-order valence-electron chi connectivity index (χ4n) is 2.14. The van der Waals surface area contributed by atoms with Gasteiger partial charge in [0.1, 0.15) is 0 Å². The smallest absolute Gasteiger partial charge is 0.224 e. The summed E-state index contributed by atoms with van der Waals surface area (Å²) in [7, 11) is 0. The summed E-state index contributed by atoms with van der Waals surface area (Å²) < 4.78 is 0. The van der Waals surface area contributed by atoms with Gasteiger partial charge in [0, 0.05) is 44.6 Å². The van der Waals surface area contributed by atoms with E-state index in [0.717, 1.165) is 19.5 Å². The van der Waals surface area contributed by atoms with Crippen molar-refractivity contribution in [2.75, 3.05) is 26.2 Å². The van der Waals surface area contributed by atoms with E-state index in [1.54, 1.807) is 0 Å². The van der Waals surface area contributed by atoms with Gasteiger partial charge in [0.15, 0.2) is 0 Å². The Hall–Kier alpha value is -1.10. The van der Waals surface area contributed by atoms with E-state index in [-0.39, 0.29) is 11.8 Å². The van der Waals surface area contributed by atoms with Gasteiger partial charge in [0.05, 0.1) is 0 Å². The molecule has 104 valence electrons. The van der Waals surface area contributed by atoms with Crippen LogP contribution in [0.1, 0.15) is 40.0 Å². The third-order valence-corrected chi connectivity index (χ3v) is 3.11. The maximum absolute atomic E-state index is 12.1. The van der Waals surface area contributed by atoms with E-state index in [9.17, 15) is 9.59 Å². The zero-order valence-electron chi connectivity index (χ0n) is 11.7. The fraction of sp³-hybridized carbons (Fsp3) is 0.846. The Morgan fingerprint density at radius 1 is 1.06 bits per heavy atom. The van der Waals surface area contributed by atoms with Crippen molar-refractivity contribution < 1.29 is 9.59 Å². The largest absolute Gasteiger partial charge is 0.341 e. The van der Waals surface area contributed by atoms with Crippen LogP contribution in [-0.4, -0.2) is 53.3 Å². The van der Waals surface area contributed by atoms with Crippen LogP contribution in [0.25, 0.3) is 0 Å². The van der Waals surface area contributed by atoms with Gasteiger partial charge < -0.3 is 15.5 Å². The molecule has 0 aromatic rings. The quantitative estimate of drug-likeness (QED) is 0.802. The van der Waals surface area contributed by atoms with Gasteiger partial charge in [-0.2, -0.15) is 0 Å². The maximum atomic E-state index is 12.1. The molecule has 1 saturated heterocycles. The van der Waals surface area contributed by atoms with E-state index in [2.05, 4.69) is 0 Å². The monoisotopic (exact) mass is 255 g/mol. The first-order valence-corrected chi connectivity index (χ1v) is 6.68. The topological polar surface area (TPSA) is 66.6 Å². The number of carbonyl (C=O) groups excluding carboxylic acids is 2. The first-order valence-electron chi connectivity index (χ1n) is 6.68. The van der Waals surface area contributed by atoms with Crippen molar-refractivity contribution >= 4 is 11.8 Å². The molecule has 0 aromatic carbocycles. The highest BCUT2D eigenvalue weighted by Crippen LogP contribution is 2.10. The lowest BCUT2D eigenvalue weighted by Gasteiger charge is -2.25. The van der Waals surface area contributed by atoms with Crippen LogP contribution in [0.5, 0.6) is 0 Å². The number of nitrogens with two attached hydrogens (primary N) is 1. The third kappa shape index (κ3) is 4.64. The van der Waals surface area contributed by atoms with Gasteiger partial charge in [-0.3, -0.25) is 9.59 Å². The summed E-state index contributed by atoms with van der Waals surface area (Å²) in [4.78, 5) is 27.4. The lowest BCUT2D eigenvalue weighted by atomic mass is 10.0. The number of hydrogen-bond acceptors (Lipinski definition) is 3. The molecule has 5 nitrogen and oxygen atoms in total. The first kappa shape index (κ1) is 15.0. The van der Waals surface area contributed by atoms with Crippen molar-refractivity contribution in [3.63, 3.8) is 0 Å². The van der Waals surface area contributed by atoms with E-state index >= 15 is 0 Å². The molecule has 0 bridgehead atoms. The number of nitrogens with zero attached hydrogens (tertiary/aromatic N) is 2. The van der Waals surface area contributed by atoms with Crippen LogP contribution in [0.15, 0.2) is 0 Å². The van der Waals surface area contributed by atoms with Crippen LogP contribution >= 0.6 is 0 Å². The zero-order valence-corrected chi connectivity index (χ0v) is 11.7. The second kappa shape index (κ2) is 6.18. The average molecular weight is 255 g/mol. The van der Waals surface area contributed by atoms with Crippen LogP contribution in [0, 0.1) is 0 Å². The molecular weight excluding hydrogens is 230 g/mol. The van der Waals surface area contributed by atoms with E-state index in [1.807, 2.05) is 30.6 Å². The molecule has 2 amide bonds. The standard InChI is InChI=1S/C13H25N3O2/c1-4-11(17)15-6-5-7-16(9-8-15)12(18)10-13(2,3)14/h4-10,14H2,1-3H3. The third-order valence-electron chi connectivity index (χ3n) is 3.11. The van der Waals surface area contributed by atoms with Crippen molar-refractivity contribution in [3.05, 3.63) is 0 Å². The lowest BCUT2D eigenvalue weighted by Crippen LogP contribution is -2.42. The summed E-state index contributed by atoms with van der Waals surface area (Å²) in [5, 5.41) is 0. The Morgan fingerprint density at radius 3 is 2.00 bits per heavy atom. The predicted molar refractivity (Wildman–Crippen MR) is 71.0 cm³/mol. The Kier molecular flexibility index (Phi) is 5.14. The molecule has 1 rings (SSSR count). The predicted octanol–water partition coefficient (Wildman–Crippen LogP) is 0.585. The highest BCUT2D eigenvalue weighted by Gasteiger charge is 2.24. The Morgan fingerprint density at radius 2 is 1.56 bits per heavy atom. The van der Waals surface area contributed by atoms with Crippen LogP contribution in [0.3, 0.4) is 0 Å². The van der Waals surface area contributed by atoms with E-state index in [0.29, 0.717) is 25.9 Å². The summed E-state index contributed by atoms with van der Waals surface area (Å²) in [5.74, 6) is 0.261. The molecule has 0 spiro atoms. The minimum atomic E-state index is -0.470. The molecule has 0 radical (unpaired) electrons. The highest BCUT2D eigenvalue weighted by molar-refractivity contribution is 5.78. The molecule has 1 heterocycles. The average Bonchev–Trinajstić information content (AvgIpc) is 2.51. The minimum Gasteiger partial charge on any atom is -0.341 e. The van der Waals surface area contributed by atoms with Gasteiger partial charge >= 0.3 is 0 Å². The minimum absolute atomic E-state index is 0.0910. The Bertz CT molecular complexity index is 310. The van der Waals surface area contributed by atoms with Gasteiger partial charge in [-0.05, 0) is 20.3 Å². The Balaban J connectivity index is 2.51. The van der Waals surface area contributed by atoms with Crippen LogP contribution in [0.4, 0.5) is 0 Å². The number of hydrogen-bond donors (Lipinski definition) is 1. The molecule has 0 aromatic heterocycles. The van der Waals surface area contributed by atoms with Crippen LogP contribution < -0.4 is 5.73 Å². The van der Waals surface area contributed by atoms with Gasteiger partial charge in [-0.15, -0.1) is 0 Å². The molecular formula is C13H25N3O2. The number of rotatable bonds is 3. The zero-order chi connectivity index (χ0) is 13.8. The fourth-order valence-corrected chi connectivity index (χ4v) is 2.14. The SMILES string of the molecule is CCC(=O)N1CCCN(C(=O)CC(C)(C)N)CC1. The van der Waals surface area contributed by atoms with E-state index in [1.165, 1.54) is 0 Å². The molecule has 0 unspecified atom stereocenters. The molecule has 18 heavy (non-hydrogen) atoms. The summed E-state index contributed by atoms with van der Waals surface area (Å²) >= 11 is 0. The lowest BCUT2D eigenvalue weighted by molar-refractivity contribution is -0.134. The molecule has 0 aliphatic carbocycles. The molecule has 0 saturated carbocycles. The van der Waals surface area contributed by atoms with Crippen molar-refractivity contribution in [1.82, 2.24) is 9.80 Å². The molecule has 5 heteroatoms. The molecule has 1 aliphatic rings. The summed E-state index contributed by atoms with van der Waals surface area (Å²) in [6, 6.07) is 0. The van der Waals surface area contributed by atoms with Gasteiger partial charge in [-0.1, -0.05) is 6.92 Å². The van der Waals surface area contributed by atoms with E-state index < -0.39 is 5.54 Å². The Labute approximate surface area is 109 Å². The summed E-state index contributed by atoms with van der Waals surface area (Å²) in [5.41, 5.74) is 5.40. The van der Waals surface area contributed by atoms with Crippen molar-refractivity contribution in [1.29, 1.82) is 0 Å². The number of carbonyl (C=O) groups is 2. The second-order valence-electron chi connectivity index (χ2n) is 5.63. The maximum Gasteiger partial charge on any atom is 0.224 e. The normalized spacial score (nSPS) is 17.6. The van der Waals surface area contributed by atoms with Gasteiger partial charge in [0.2, 0.25) is 11.8 Å². The molecule has 2 N–H and O–H groups in total. The van der Waals surface area contributed by atoms with E-state index in [4.69, 9.17) is 5.73 Å². The second-order valence-corrected chi connectivity index (χ2v) is 5.63. The van der Waals surface area contributed by atoms with Crippen molar-refractivity contribution in [2.45, 2.75) is 45.6 Å². The summed E-state index contributed by atoms with van der Waals surface area (Å²) in [6.07, 6.45) is 1.74. The molecule has 0 atom stereocenters.